The zero-order chi connectivity index (χ0) is 15.2. The van der Waals surface area contributed by atoms with Gasteiger partial charge in [0.2, 0.25) is 5.75 Å². The molecule has 0 unspecified atom stereocenters. The highest BCUT2D eigenvalue weighted by Gasteiger charge is 2.14. The van der Waals surface area contributed by atoms with Crippen LogP contribution in [0.1, 0.15) is 11.1 Å². The first-order valence-corrected chi connectivity index (χ1v) is 7.68. The molecule has 0 aliphatic heterocycles. The number of methoxy groups -OCH3 is 2. The fourth-order valence-electron chi connectivity index (χ4n) is 1.89. The highest BCUT2D eigenvalue weighted by atomic mass is 79.9. The van der Waals surface area contributed by atoms with Crippen LogP contribution in [-0.2, 0) is 12.5 Å². The van der Waals surface area contributed by atoms with Crippen molar-refractivity contribution in [2.75, 3.05) is 14.2 Å². The van der Waals surface area contributed by atoms with Gasteiger partial charge in [-0.05, 0) is 35.4 Å². The lowest BCUT2D eigenvalue weighted by atomic mass is 10.2. The fraction of sp³-hybridized carbons (Fsp3) is 0.250. The minimum atomic E-state index is 0.389. The minimum Gasteiger partial charge on any atom is -0.493 e. The summed E-state index contributed by atoms with van der Waals surface area (Å²) in [6, 6.07) is 11.7. The SMILES string of the molecule is COc1cc(CCl)cc(OC)c1OCc1ccc(Br)cc1. The molecule has 0 saturated heterocycles. The Morgan fingerprint density at radius 2 is 1.52 bits per heavy atom. The molecule has 0 aliphatic carbocycles. The van der Waals surface area contributed by atoms with Crippen LogP contribution in [0, 0.1) is 0 Å². The van der Waals surface area contributed by atoms with Crippen molar-refractivity contribution >= 4 is 27.5 Å². The molecule has 0 saturated carbocycles. The summed E-state index contributed by atoms with van der Waals surface area (Å²) in [5.41, 5.74) is 1.98. The molecule has 0 radical (unpaired) electrons. The average molecular weight is 372 g/mol. The molecule has 0 fully saturated rings. The molecule has 0 bridgehead atoms. The molecule has 2 aromatic carbocycles. The predicted molar refractivity (Wildman–Crippen MR) is 87.6 cm³/mol. The molecule has 0 atom stereocenters. The van der Waals surface area contributed by atoms with Crippen LogP contribution in [0.25, 0.3) is 0 Å². The van der Waals surface area contributed by atoms with Gasteiger partial charge in [0.25, 0.3) is 0 Å². The molecule has 0 spiro atoms. The van der Waals surface area contributed by atoms with Gasteiger partial charge in [0.15, 0.2) is 11.5 Å². The van der Waals surface area contributed by atoms with Gasteiger partial charge < -0.3 is 14.2 Å². The van der Waals surface area contributed by atoms with Crippen molar-refractivity contribution in [1.29, 1.82) is 0 Å². The molecule has 0 aliphatic rings. The molecule has 0 heterocycles. The molecular formula is C16H16BrClO3. The molecule has 3 nitrogen and oxygen atoms in total. The summed E-state index contributed by atoms with van der Waals surface area (Å²) in [6.07, 6.45) is 0. The lowest BCUT2D eigenvalue weighted by molar-refractivity contribution is 0.265. The molecule has 2 rings (SSSR count). The average Bonchev–Trinajstić information content (AvgIpc) is 2.53. The van der Waals surface area contributed by atoms with Crippen molar-refractivity contribution in [3.63, 3.8) is 0 Å². The number of benzene rings is 2. The molecule has 112 valence electrons. The summed E-state index contributed by atoms with van der Waals surface area (Å²) >= 11 is 9.28. The zero-order valence-electron chi connectivity index (χ0n) is 11.9. The number of alkyl halides is 1. The van der Waals surface area contributed by atoms with Crippen LogP contribution in [0.3, 0.4) is 0 Å². The lowest BCUT2D eigenvalue weighted by Crippen LogP contribution is -2.01. The first-order valence-electron chi connectivity index (χ1n) is 6.36. The Labute approximate surface area is 137 Å². The number of halogens is 2. The first kappa shape index (κ1) is 16.0. The summed E-state index contributed by atoms with van der Waals surface area (Å²) < 4.78 is 17.6. The van der Waals surface area contributed by atoms with E-state index in [2.05, 4.69) is 15.9 Å². The second kappa shape index (κ2) is 7.57. The van der Waals surface area contributed by atoms with Crippen LogP contribution < -0.4 is 14.2 Å². The van der Waals surface area contributed by atoms with Crippen LogP contribution in [-0.4, -0.2) is 14.2 Å². The van der Waals surface area contributed by atoms with E-state index in [1.54, 1.807) is 14.2 Å². The maximum atomic E-state index is 5.87. The second-order valence-corrected chi connectivity index (χ2v) is 5.56. The molecule has 5 heteroatoms. The maximum absolute atomic E-state index is 5.87. The third-order valence-electron chi connectivity index (χ3n) is 2.97. The maximum Gasteiger partial charge on any atom is 0.203 e. The van der Waals surface area contributed by atoms with Crippen molar-refractivity contribution in [2.45, 2.75) is 12.5 Å². The van der Waals surface area contributed by atoms with E-state index >= 15 is 0 Å². The Hall–Kier alpha value is -1.39. The minimum absolute atomic E-state index is 0.389. The molecule has 2 aromatic rings. The largest absolute Gasteiger partial charge is 0.493 e. The van der Waals surface area contributed by atoms with Gasteiger partial charge in [-0.25, -0.2) is 0 Å². The molecule has 0 amide bonds. The Bertz CT molecular complexity index is 574. The van der Waals surface area contributed by atoms with E-state index < -0.39 is 0 Å². The fourth-order valence-corrected chi connectivity index (χ4v) is 2.31. The number of rotatable bonds is 6. The quantitative estimate of drug-likeness (QED) is 0.684. The van der Waals surface area contributed by atoms with Crippen LogP contribution in [0.2, 0.25) is 0 Å². The van der Waals surface area contributed by atoms with Crippen molar-refractivity contribution in [3.8, 4) is 17.2 Å². The summed E-state index contributed by atoms with van der Waals surface area (Å²) in [4.78, 5) is 0. The summed E-state index contributed by atoms with van der Waals surface area (Å²) in [5.74, 6) is 2.20. The highest BCUT2D eigenvalue weighted by Crippen LogP contribution is 2.39. The van der Waals surface area contributed by atoms with Gasteiger partial charge in [-0.15, -0.1) is 11.6 Å². The summed E-state index contributed by atoms with van der Waals surface area (Å²) in [7, 11) is 3.19. The molecule has 0 aromatic heterocycles. The van der Waals surface area contributed by atoms with E-state index in [4.69, 9.17) is 25.8 Å². The van der Waals surface area contributed by atoms with Crippen LogP contribution >= 0.6 is 27.5 Å². The Morgan fingerprint density at radius 3 is 2.00 bits per heavy atom. The molecule has 21 heavy (non-hydrogen) atoms. The number of ether oxygens (including phenoxy) is 3. The second-order valence-electron chi connectivity index (χ2n) is 4.38. The van der Waals surface area contributed by atoms with Crippen molar-refractivity contribution in [2.24, 2.45) is 0 Å². The van der Waals surface area contributed by atoms with Crippen LogP contribution in [0.5, 0.6) is 17.2 Å². The van der Waals surface area contributed by atoms with Crippen molar-refractivity contribution in [1.82, 2.24) is 0 Å². The van der Waals surface area contributed by atoms with Gasteiger partial charge in [-0.2, -0.15) is 0 Å². The zero-order valence-corrected chi connectivity index (χ0v) is 14.2. The normalized spacial score (nSPS) is 10.3. The Kier molecular flexibility index (Phi) is 5.76. The monoisotopic (exact) mass is 370 g/mol. The van der Waals surface area contributed by atoms with E-state index in [1.807, 2.05) is 36.4 Å². The van der Waals surface area contributed by atoms with Gasteiger partial charge in [0.1, 0.15) is 6.61 Å². The van der Waals surface area contributed by atoms with Crippen molar-refractivity contribution in [3.05, 3.63) is 52.0 Å². The molecular weight excluding hydrogens is 356 g/mol. The van der Waals surface area contributed by atoms with Gasteiger partial charge in [-0.1, -0.05) is 28.1 Å². The standard InChI is InChI=1S/C16H16BrClO3/c1-19-14-7-12(9-18)8-15(20-2)16(14)21-10-11-3-5-13(17)6-4-11/h3-8H,9-10H2,1-2H3. The van der Waals surface area contributed by atoms with Gasteiger partial charge in [-0.3, -0.25) is 0 Å². The van der Waals surface area contributed by atoms with Crippen molar-refractivity contribution < 1.29 is 14.2 Å². The number of hydrogen-bond acceptors (Lipinski definition) is 3. The smallest absolute Gasteiger partial charge is 0.203 e. The van der Waals surface area contributed by atoms with E-state index in [0.29, 0.717) is 29.7 Å². The number of hydrogen-bond donors (Lipinski definition) is 0. The van der Waals surface area contributed by atoms with Gasteiger partial charge >= 0.3 is 0 Å². The van der Waals surface area contributed by atoms with Crippen LogP contribution in [0.4, 0.5) is 0 Å². The molecule has 0 N–H and O–H groups in total. The Morgan fingerprint density at radius 1 is 0.952 bits per heavy atom. The van der Waals surface area contributed by atoms with E-state index in [1.165, 1.54) is 0 Å². The first-order chi connectivity index (χ1) is 10.2. The highest BCUT2D eigenvalue weighted by molar-refractivity contribution is 9.10. The van der Waals surface area contributed by atoms with E-state index in [-0.39, 0.29) is 0 Å². The summed E-state index contributed by atoms with van der Waals surface area (Å²) in [5, 5.41) is 0. The third kappa shape index (κ3) is 4.05. The lowest BCUT2D eigenvalue weighted by Gasteiger charge is -2.15. The summed E-state index contributed by atoms with van der Waals surface area (Å²) in [6.45, 7) is 0.431. The Balaban J connectivity index is 2.23. The topological polar surface area (TPSA) is 27.7 Å². The van der Waals surface area contributed by atoms with Crippen LogP contribution in [0.15, 0.2) is 40.9 Å². The van der Waals surface area contributed by atoms with Gasteiger partial charge in [0, 0.05) is 10.4 Å². The third-order valence-corrected chi connectivity index (χ3v) is 3.81. The van der Waals surface area contributed by atoms with E-state index in [0.717, 1.165) is 15.6 Å². The van der Waals surface area contributed by atoms with E-state index in [9.17, 15) is 0 Å². The predicted octanol–water partition coefficient (Wildman–Crippen LogP) is 4.78. The van der Waals surface area contributed by atoms with Gasteiger partial charge in [0.05, 0.1) is 14.2 Å².